The highest BCUT2D eigenvalue weighted by molar-refractivity contribution is 7.91. The van der Waals surface area contributed by atoms with Gasteiger partial charge in [-0.05, 0) is 13.0 Å². The van der Waals surface area contributed by atoms with Gasteiger partial charge < -0.3 is 10.2 Å². The Kier molecular flexibility index (Phi) is 5.89. The second-order valence-electron chi connectivity index (χ2n) is 3.79. The van der Waals surface area contributed by atoms with Crippen molar-refractivity contribution in [2.45, 2.75) is 6.42 Å². The maximum atomic E-state index is 11.4. The molecule has 0 aromatic rings. The normalized spacial score (nSPS) is 19.3. The highest BCUT2D eigenvalue weighted by Gasteiger charge is 2.12. The van der Waals surface area contributed by atoms with Crippen LogP contribution in [0.15, 0.2) is 0 Å². The Labute approximate surface area is 96.9 Å². The number of hydrogen-bond donors (Lipinski definition) is 1. The van der Waals surface area contributed by atoms with Crippen LogP contribution in [0.25, 0.3) is 0 Å². The first kappa shape index (κ1) is 13.2. The summed E-state index contributed by atoms with van der Waals surface area (Å²) < 4.78 is 22.7. The van der Waals surface area contributed by atoms with E-state index in [1.54, 1.807) is 0 Å². The SMILES string of the molecule is O=S(=O)(CCCl)CCCN1CCNCC1. The number of rotatable bonds is 6. The minimum atomic E-state index is -2.91. The van der Waals surface area contributed by atoms with E-state index in [0.717, 1.165) is 39.1 Å². The fourth-order valence-corrected chi connectivity index (χ4v) is 3.38. The lowest BCUT2D eigenvalue weighted by atomic mass is 10.3. The number of alkyl halides is 1. The average Bonchev–Trinajstić information content (AvgIpc) is 2.19. The van der Waals surface area contributed by atoms with Crippen molar-refractivity contribution in [1.29, 1.82) is 0 Å². The maximum Gasteiger partial charge on any atom is 0.151 e. The van der Waals surface area contributed by atoms with E-state index >= 15 is 0 Å². The number of piperazine rings is 1. The Morgan fingerprint density at radius 2 is 1.87 bits per heavy atom. The second kappa shape index (κ2) is 6.68. The van der Waals surface area contributed by atoms with Gasteiger partial charge in [0.15, 0.2) is 9.84 Å². The van der Waals surface area contributed by atoms with E-state index in [9.17, 15) is 8.42 Å². The molecule has 0 amide bonds. The molecule has 0 saturated carbocycles. The zero-order valence-electron chi connectivity index (χ0n) is 8.91. The molecule has 1 aliphatic heterocycles. The summed E-state index contributed by atoms with van der Waals surface area (Å²) in [6, 6.07) is 0. The van der Waals surface area contributed by atoms with E-state index < -0.39 is 9.84 Å². The third kappa shape index (κ3) is 5.70. The zero-order valence-corrected chi connectivity index (χ0v) is 10.5. The molecule has 0 aromatic carbocycles. The molecule has 1 heterocycles. The van der Waals surface area contributed by atoms with E-state index in [2.05, 4.69) is 10.2 Å². The molecular formula is C9H19ClN2O2S. The predicted octanol–water partition coefficient (Wildman–Crippen LogP) is -0.0647. The molecule has 0 unspecified atom stereocenters. The van der Waals surface area contributed by atoms with E-state index in [0.29, 0.717) is 0 Å². The van der Waals surface area contributed by atoms with Gasteiger partial charge >= 0.3 is 0 Å². The third-order valence-corrected chi connectivity index (χ3v) is 4.68. The molecule has 1 aliphatic rings. The average molecular weight is 255 g/mol. The van der Waals surface area contributed by atoms with Crippen LogP contribution in [0.3, 0.4) is 0 Å². The molecule has 0 aromatic heterocycles. The van der Waals surface area contributed by atoms with Crippen LogP contribution in [-0.4, -0.2) is 63.4 Å². The Hall–Kier alpha value is 0.160. The molecule has 0 radical (unpaired) electrons. The monoisotopic (exact) mass is 254 g/mol. The predicted molar refractivity (Wildman–Crippen MR) is 63.3 cm³/mol. The molecule has 1 fully saturated rings. The quantitative estimate of drug-likeness (QED) is 0.675. The summed E-state index contributed by atoms with van der Waals surface area (Å²) in [5.41, 5.74) is 0. The van der Waals surface area contributed by atoms with Crippen molar-refractivity contribution in [3.63, 3.8) is 0 Å². The molecule has 0 bridgehead atoms. The number of halogens is 1. The Morgan fingerprint density at radius 1 is 1.20 bits per heavy atom. The van der Waals surface area contributed by atoms with Crippen molar-refractivity contribution in [3.8, 4) is 0 Å². The van der Waals surface area contributed by atoms with Crippen molar-refractivity contribution in [1.82, 2.24) is 10.2 Å². The molecule has 1 saturated heterocycles. The molecule has 15 heavy (non-hydrogen) atoms. The van der Waals surface area contributed by atoms with Gasteiger partial charge in [-0.25, -0.2) is 8.42 Å². The van der Waals surface area contributed by atoms with Crippen LogP contribution in [0.5, 0.6) is 0 Å². The van der Waals surface area contributed by atoms with Gasteiger partial charge in [-0.15, -0.1) is 11.6 Å². The lowest BCUT2D eigenvalue weighted by molar-refractivity contribution is 0.242. The van der Waals surface area contributed by atoms with E-state index in [-0.39, 0.29) is 17.4 Å². The number of sulfone groups is 1. The number of hydrogen-bond acceptors (Lipinski definition) is 4. The standard InChI is InChI=1S/C9H19ClN2O2S/c10-2-9-15(13,14)8-1-5-12-6-3-11-4-7-12/h11H,1-9H2. The van der Waals surface area contributed by atoms with Crippen molar-refractivity contribution in [2.24, 2.45) is 0 Å². The zero-order chi connectivity index (χ0) is 11.1. The van der Waals surface area contributed by atoms with Crippen LogP contribution in [0.1, 0.15) is 6.42 Å². The summed E-state index contributed by atoms with van der Waals surface area (Å²) in [6.45, 7) is 4.94. The summed E-state index contributed by atoms with van der Waals surface area (Å²) in [7, 11) is -2.91. The first-order valence-electron chi connectivity index (χ1n) is 5.33. The fourth-order valence-electron chi connectivity index (χ4n) is 1.66. The minimum Gasteiger partial charge on any atom is -0.314 e. The van der Waals surface area contributed by atoms with E-state index in [1.807, 2.05) is 0 Å². The van der Waals surface area contributed by atoms with Gasteiger partial charge in [-0.2, -0.15) is 0 Å². The summed E-state index contributed by atoms with van der Waals surface area (Å²) in [5.74, 6) is 0.579. The molecule has 0 spiro atoms. The van der Waals surface area contributed by atoms with E-state index in [4.69, 9.17) is 11.6 Å². The topological polar surface area (TPSA) is 49.4 Å². The fraction of sp³-hybridized carbons (Fsp3) is 1.00. The molecule has 4 nitrogen and oxygen atoms in total. The van der Waals surface area contributed by atoms with Crippen molar-refractivity contribution < 1.29 is 8.42 Å². The van der Waals surface area contributed by atoms with E-state index in [1.165, 1.54) is 0 Å². The van der Waals surface area contributed by atoms with Gasteiger partial charge in [0.25, 0.3) is 0 Å². The summed E-state index contributed by atoms with van der Waals surface area (Å²) >= 11 is 5.42. The van der Waals surface area contributed by atoms with Crippen LogP contribution >= 0.6 is 11.6 Å². The molecule has 6 heteroatoms. The van der Waals surface area contributed by atoms with Crippen molar-refractivity contribution in [3.05, 3.63) is 0 Å². The summed E-state index contributed by atoms with van der Waals surface area (Å²) in [5, 5.41) is 3.26. The van der Waals surface area contributed by atoms with Gasteiger partial charge in [0.1, 0.15) is 0 Å². The van der Waals surface area contributed by atoms with Crippen molar-refractivity contribution in [2.75, 3.05) is 50.1 Å². The Balaban J connectivity index is 2.14. The smallest absolute Gasteiger partial charge is 0.151 e. The van der Waals surface area contributed by atoms with Crippen LogP contribution in [-0.2, 0) is 9.84 Å². The molecule has 0 aliphatic carbocycles. The summed E-state index contributed by atoms with van der Waals surface area (Å²) in [6.07, 6.45) is 0.721. The van der Waals surface area contributed by atoms with Gasteiger partial charge in [0.2, 0.25) is 0 Å². The van der Waals surface area contributed by atoms with Crippen LogP contribution < -0.4 is 5.32 Å². The molecule has 1 N–H and O–H groups in total. The number of nitrogens with one attached hydrogen (secondary N) is 1. The second-order valence-corrected chi connectivity index (χ2v) is 6.47. The van der Waals surface area contributed by atoms with Gasteiger partial charge in [0, 0.05) is 32.1 Å². The first-order valence-corrected chi connectivity index (χ1v) is 7.69. The maximum absolute atomic E-state index is 11.4. The van der Waals surface area contributed by atoms with Gasteiger partial charge in [0.05, 0.1) is 11.5 Å². The molecule has 1 rings (SSSR count). The largest absolute Gasteiger partial charge is 0.314 e. The van der Waals surface area contributed by atoms with Gasteiger partial charge in [-0.3, -0.25) is 0 Å². The van der Waals surface area contributed by atoms with Gasteiger partial charge in [-0.1, -0.05) is 0 Å². The Morgan fingerprint density at radius 3 is 2.47 bits per heavy atom. The highest BCUT2D eigenvalue weighted by Crippen LogP contribution is 1.99. The lowest BCUT2D eigenvalue weighted by Crippen LogP contribution is -2.44. The van der Waals surface area contributed by atoms with Crippen LogP contribution in [0.2, 0.25) is 0 Å². The Bertz CT molecular complexity index is 263. The lowest BCUT2D eigenvalue weighted by Gasteiger charge is -2.26. The highest BCUT2D eigenvalue weighted by atomic mass is 35.5. The summed E-state index contributed by atoms with van der Waals surface area (Å²) in [4.78, 5) is 2.30. The first-order chi connectivity index (χ1) is 7.14. The minimum absolute atomic E-state index is 0.107. The van der Waals surface area contributed by atoms with Crippen LogP contribution in [0.4, 0.5) is 0 Å². The van der Waals surface area contributed by atoms with Crippen molar-refractivity contribution >= 4 is 21.4 Å². The van der Waals surface area contributed by atoms with Crippen LogP contribution in [0, 0.1) is 0 Å². The number of nitrogens with zero attached hydrogens (tertiary/aromatic N) is 1. The molecule has 0 atom stereocenters. The third-order valence-electron chi connectivity index (χ3n) is 2.53. The molecule has 90 valence electrons. The molecular weight excluding hydrogens is 236 g/mol.